The number of nitrogens with one attached hydrogen (secondary N) is 1. The summed E-state index contributed by atoms with van der Waals surface area (Å²) >= 11 is 0. The summed E-state index contributed by atoms with van der Waals surface area (Å²) in [6, 6.07) is 2.41. The fourth-order valence-electron chi connectivity index (χ4n) is 6.39. The predicted octanol–water partition coefficient (Wildman–Crippen LogP) is 4.71. The molecule has 4 aliphatic carbocycles. The number of rotatable bonds is 3. The normalized spacial score (nSPS) is 34.1. The van der Waals surface area contributed by atoms with Crippen LogP contribution >= 0.6 is 0 Å². The van der Waals surface area contributed by atoms with Crippen LogP contribution in [0, 0.1) is 17.8 Å². The van der Waals surface area contributed by atoms with E-state index in [1.807, 2.05) is 0 Å². The zero-order chi connectivity index (χ0) is 19.6. The molecule has 27 heavy (non-hydrogen) atoms. The van der Waals surface area contributed by atoms with Crippen molar-refractivity contribution in [3.05, 3.63) is 34.9 Å². The average Bonchev–Trinajstić information content (AvgIpc) is 2.51. The van der Waals surface area contributed by atoms with Crippen molar-refractivity contribution in [3.63, 3.8) is 0 Å². The lowest BCUT2D eigenvalue weighted by atomic mass is 9.52. The molecule has 0 radical (unpaired) electrons. The molecule has 5 rings (SSSR count). The Hall–Kier alpha value is -1.24. The number of hydrogen-bond acceptors (Lipinski definition) is 0. The van der Waals surface area contributed by atoms with Crippen LogP contribution in [0.2, 0.25) is 0 Å². The minimum Gasteiger partial charge on any atom is -0.329 e. The Bertz CT molecular complexity index is 653. The summed E-state index contributed by atoms with van der Waals surface area (Å²) in [5, 5.41) is 0. The molecule has 0 spiro atoms. The van der Waals surface area contributed by atoms with Crippen molar-refractivity contribution in [1.29, 1.82) is 0 Å². The molecule has 4 bridgehead atoms. The van der Waals surface area contributed by atoms with Crippen LogP contribution in [0.15, 0.2) is 18.2 Å². The maximum absolute atomic E-state index is 13.5. The van der Waals surface area contributed by atoms with E-state index in [9.17, 15) is 26.3 Å². The molecule has 4 aliphatic rings. The SMILES string of the molecule is C[NH+](Cc1c(C(F)(F)F)cccc1C(F)(F)F)C12CC3CC(CC(C3)C1)C2. The van der Waals surface area contributed by atoms with Gasteiger partial charge in [-0.3, -0.25) is 0 Å². The fourth-order valence-corrected chi connectivity index (χ4v) is 6.39. The standard InChI is InChI=1S/C20H23F6N/c1-27(18-8-12-5-13(9-18)7-14(6-12)10-18)11-15-16(19(21,22)23)3-2-4-17(15)20(24,25)26/h2-4,12-14H,5-11H2,1H3/p+1. The molecule has 7 heteroatoms. The summed E-state index contributed by atoms with van der Waals surface area (Å²) in [6.07, 6.45) is -3.25. The Morgan fingerprint density at radius 1 is 0.852 bits per heavy atom. The molecule has 4 fully saturated rings. The highest BCUT2D eigenvalue weighted by molar-refractivity contribution is 5.38. The Morgan fingerprint density at radius 3 is 1.63 bits per heavy atom. The molecule has 4 saturated carbocycles. The van der Waals surface area contributed by atoms with Crippen molar-refractivity contribution in [2.75, 3.05) is 7.05 Å². The monoisotopic (exact) mass is 392 g/mol. The first-order valence-corrected chi connectivity index (χ1v) is 9.57. The second kappa shape index (κ2) is 6.13. The van der Waals surface area contributed by atoms with Crippen LogP contribution in [0.25, 0.3) is 0 Å². The highest BCUT2D eigenvalue weighted by Gasteiger charge is 2.56. The van der Waals surface area contributed by atoms with Crippen LogP contribution in [-0.4, -0.2) is 12.6 Å². The second-order valence-electron chi connectivity index (χ2n) is 8.98. The first-order chi connectivity index (χ1) is 12.5. The number of quaternary nitrogens is 1. The Morgan fingerprint density at radius 2 is 1.26 bits per heavy atom. The highest BCUT2D eigenvalue weighted by Crippen LogP contribution is 2.54. The Labute approximate surface area is 154 Å². The van der Waals surface area contributed by atoms with Crippen molar-refractivity contribution in [2.24, 2.45) is 17.8 Å². The molecular formula is C20H24F6N+. The number of hydrogen-bond donors (Lipinski definition) is 1. The van der Waals surface area contributed by atoms with Crippen molar-refractivity contribution in [2.45, 2.75) is 63.0 Å². The van der Waals surface area contributed by atoms with E-state index in [0.29, 0.717) is 17.8 Å². The van der Waals surface area contributed by atoms with Gasteiger partial charge in [0.25, 0.3) is 0 Å². The van der Waals surface area contributed by atoms with E-state index in [0.717, 1.165) is 42.4 Å². The smallest absolute Gasteiger partial charge is 0.329 e. The number of alkyl halides is 6. The Kier molecular flexibility index (Phi) is 4.33. The third-order valence-electron chi connectivity index (χ3n) is 7.17. The van der Waals surface area contributed by atoms with E-state index >= 15 is 0 Å². The van der Waals surface area contributed by atoms with Gasteiger partial charge in [-0.05, 0) is 49.1 Å². The highest BCUT2D eigenvalue weighted by atomic mass is 19.4. The van der Waals surface area contributed by atoms with Crippen molar-refractivity contribution < 1.29 is 31.2 Å². The summed E-state index contributed by atoms with van der Waals surface area (Å²) in [4.78, 5) is 0.809. The van der Waals surface area contributed by atoms with E-state index < -0.39 is 29.0 Å². The van der Waals surface area contributed by atoms with Gasteiger partial charge < -0.3 is 4.90 Å². The largest absolute Gasteiger partial charge is 0.416 e. The molecule has 1 aromatic rings. The topological polar surface area (TPSA) is 4.44 Å². The van der Waals surface area contributed by atoms with E-state index in [1.165, 1.54) is 19.3 Å². The van der Waals surface area contributed by atoms with Crippen LogP contribution < -0.4 is 4.90 Å². The first-order valence-electron chi connectivity index (χ1n) is 9.57. The minimum atomic E-state index is -4.79. The van der Waals surface area contributed by atoms with E-state index in [1.54, 1.807) is 7.05 Å². The lowest BCUT2D eigenvalue weighted by molar-refractivity contribution is -0.954. The van der Waals surface area contributed by atoms with Crippen molar-refractivity contribution >= 4 is 0 Å². The molecule has 0 aliphatic heterocycles. The van der Waals surface area contributed by atoms with E-state index in [-0.39, 0.29) is 12.1 Å². The van der Waals surface area contributed by atoms with Gasteiger partial charge in [-0.1, -0.05) is 6.07 Å². The zero-order valence-corrected chi connectivity index (χ0v) is 15.2. The van der Waals surface area contributed by atoms with E-state index in [4.69, 9.17) is 0 Å². The molecule has 150 valence electrons. The maximum atomic E-state index is 13.5. The van der Waals surface area contributed by atoms with Gasteiger partial charge in [0.05, 0.1) is 23.7 Å². The van der Waals surface area contributed by atoms with E-state index in [2.05, 4.69) is 0 Å². The van der Waals surface area contributed by atoms with Gasteiger partial charge >= 0.3 is 12.4 Å². The number of benzene rings is 1. The van der Waals surface area contributed by atoms with Crippen LogP contribution in [0.3, 0.4) is 0 Å². The molecular weight excluding hydrogens is 368 g/mol. The molecule has 0 aromatic heterocycles. The van der Waals surface area contributed by atoms with Gasteiger partial charge in [0.15, 0.2) is 0 Å². The summed E-state index contributed by atoms with van der Waals surface area (Å²) < 4.78 is 80.7. The zero-order valence-electron chi connectivity index (χ0n) is 15.2. The predicted molar refractivity (Wildman–Crippen MR) is 87.9 cm³/mol. The summed E-state index contributed by atoms with van der Waals surface area (Å²) in [5.41, 5.74) is -3.08. The van der Waals surface area contributed by atoms with Crippen molar-refractivity contribution in [1.82, 2.24) is 0 Å². The summed E-state index contributed by atoms with van der Waals surface area (Å²) in [6.45, 7) is -0.239. The minimum absolute atomic E-state index is 0.170. The molecule has 0 heterocycles. The van der Waals surface area contributed by atoms with Gasteiger partial charge in [-0.25, -0.2) is 0 Å². The van der Waals surface area contributed by atoms with Crippen molar-refractivity contribution in [3.8, 4) is 0 Å². The maximum Gasteiger partial charge on any atom is 0.416 e. The van der Waals surface area contributed by atoms with Crippen LogP contribution in [0.4, 0.5) is 26.3 Å². The third-order valence-corrected chi connectivity index (χ3v) is 7.17. The molecule has 1 atom stereocenters. The second-order valence-corrected chi connectivity index (χ2v) is 8.98. The van der Waals surface area contributed by atoms with Gasteiger partial charge in [0, 0.05) is 24.8 Å². The van der Waals surface area contributed by atoms with Gasteiger partial charge in [0.1, 0.15) is 6.54 Å². The summed E-state index contributed by atoms with van der Waals surface area (Å²) in [5.74, 6) is 1.77. The number of halogens is 6. The van der Waals surface area contributed by atoms with Gasteiger partial charge in [0.2, 0.25) is 0 Å². The summed E-state index contributed by atoms with van der Waals surface area (Å²) in [7, 11) is 1.79. The lowest BCUT2D eigenvalue weighted by Gasteiger charge is -2.57. The van der Waals surface area contributed by atoms with Crippen LogP contribution in [0.5, 0.6) is 0 Å². The average molecular weight is 392 g/mol. The molecule has 1 nitrogen and oxygen atoms in total. The molecule has 1 aromatic carbocycles. The first kappa shape index (κ1) is 19.1. The van der Waals surface area contributed by atoms with Gasteiger partial charge in [-0.2, -0.15) is 26.3 Å². The van der Waals surface area contributed by atoms with Crippen LogP contribution in [-0.2, 0) is 18.9 Å². The quantitative estimate of drug-likeness (QED) is 0.711. The molecule has 0 amide bonds. The fraction of sp³-hybridized carbons (Fsp3) is 0.700. The Balaban J connectivity index is 1.70. The third kappa shape index (κ3) is 3.36. The van der Waals surface area contributed by atoms with Gasteiger partial charge in [-0.15, -0.1) is 0 Å². The molecule has 1 N–H and O–H groups in total. The lowest BCUT2D eigenvalue weighted by Crippen LogP contribution is -3.17. The molecule has 0 saturated heterocycles. The molecule has 1 unspecified atom stereocenters. The van der Waals surface area contributed by atoms with Crippen LogP contribution in [0.1, 0.15) is 55.2 Å².